The summed E-state index contributed by atoms with van der Waals surface area (Å²) in [6.45, 7) is 13.7. The van der Waals surface area contributed by atoms with Crippen LogP contribution >= 0.6 is 0 Å². The molecule has 0 saturated carbocycles. The van der Waals surface area contributed by atoms with Crippen LogP contribution in [0.1, 0.15) is 57.6 Å². The maximum absolute atomic E-state index is 4.59. The summed E-state index contributed by atoms with van der Waals surface area (Å²) >= 11 is 0. The Morgan fingerprint density at radius 1 is 1.00 bits per heavy atom. The lowest BCUT2D eigenvalue weighted by molar-refractivity contribution is 0.404. The summed E-state index contributed by atoms with van der Waals surface area (Å²) in [6, 6.07) is 17.6. The Morgan fingerprint density at radius 3 is 1.96 bits per heavy atom. The minimum absolute atomic E-state index is 0.160. The molecule has 0 heteroatoms. The zero-order valence-corrected chi connectivity index (χ0v) is 15.4. The number of allylic oxidation sites excluding steroid dienone is 3. The second kappa shape index (κ2) is 6.43. The van der Waals surface area contributed by atoms with E-state index in [1.807, 2.05) is 0 Å². The van der Waals surface area contributed by atoms with Crippen molar-refractivity contribution in [3.8, 4) is 11.1 Å². The third-order valence-corrected chi connectivity index (χ3v) is 5.42. The van der Waals surface area contributed by atoms with Crippen LogP contribution in [0.5, 0.6) is 0 Å². The minimum Gasteiger partial charge on any atom is -0.0946 e. The average Bonchev–Trinajstić information content (AvgIpc) is 2.89. The molecule has 1 aliphatic rings. The smallest absolute Gasteiger partial charge is 0.0349 e. The molecule has 0 aliphatic heterocycles. The first-order valence-electron chi connectivity index (χ1n) is 9.05. The molecule has 0 atom stereocenters. The molecule has 0 heterocycles. The SMILES string of the molecule is C=C(/C(=C/C)C(C)(C)CCC)C1c2ccccc2-c2ccccc21. The first-order valence-corrected chi connectivity index (χ1v) is 9.05. The topological polar surface area (TPSA) is 0 Å². The van der Waals surface area contributed by atoms with Crippen molar-refractivity contribution in [3.05, 3.63) is 83.5 Å². The fraction of sp³-hybridized carbons (Fsp3) is 0.333. The van der Waals surface area contributed by atoms with E-state index in [9.17, 15) is 0 Å². The van der Waals surface area contributed by atoms with Crippen molar-refractivity contribution in [3.63, 3.8) is 0 Å². The third-order valence-electron chi connectivity index (χ3n) is 5.42. The minimum atomic E-state index is 0.160. The van der Waals surface area contributed by atoms with Crippen molar-refractivity contribution in [1.29, 1.82) is 0 Å². The Labute approximate surface area is 146 Å². The normalized spacial score (nSPS) is 14.4. The lowest BCUT2D eigenvalue weighted by Gasteiger charge is -2.32. The molecular weight excluding hydrogens is 288 g/mol. The number of hydrogen-bond donors (Lipinski definition) is 0. The van der Waals surface area contributed by atoms with Crippen molar-refractivity contribution in [2.45, 2.75) is 46.5 Å². The Hall–Kier alpha value is -2.08. The Morgan fingerprint density at radius 2 is 1.50 bits per heavy atom. The molecule has 0 unspecified atom stereocenters. The third kappa shape index (κ3) is 2.65. The Balaban J connectivity index is 2.11. The second-order valence-electron chi connectivity index (χ2n) is 7.47. The average molecular weight is 316 g/mol. The molecule has 0 N–H and O–H groups in total. The van der Waals surface area contributed by atoms with Crippen LogP contribution in [0.25, 0.3) is 11.1 Å². The standard InChI is InChI=1S/C24H28/c1-6-16-24(4,5)22(7-2)17(3)23-20-14-10-8-12-18(20)19-13-9-11-15-21(19)23/h7-15,23H,3,6,16H2,1-2,4-5H3/b22-7-. The molecule has 24 heavy (non-hydrogen) atoms. The van der Waals surface area contributed by atoms with Crippen molar-refractivity contribution >= 4 is 0 Å². The van der Waals surface area contributed by atoms with E-state index < -0.39 is 0 Å². The molecule has 3 rings (SSSR count). The summed E-state index contributed by atoms with van der Waals surface area (Å²) in [6.07, 6.45) is 4.65. The molecule has 0 bridgehead atoms. The van der Waals surface area contributed by atoms with Gasteiger partial charge in [-0.05, 0) is 52.2 Å². The molecule has 0 fully saturated rings. The zero-order chi connectivity index (χ0) is 17.3. The maximum Gasteiger partial charge on any atom is 0.0349 e. The van der Waals surface area contributed by atoms with Gasteiger partial charge in [0.15, 0.2) is 0 Å². The van der Waals surface area contributed by atoms with Gasteiger partial charge in [-0.1, -0.05) is 88.4 Å². The van der Waals surface area contributed by atoms with E-state index in [2.05, 4.69) is 88.9 Å². The van der Waals surface area contributed by atoms with Gasteiger partial charge in [-0.3, -0.25) is 0 Å². The molecule has 2 aromatic carbocycles. The quantitative estimate of drug-likeness (QED) is 0.515. The van der Waals surface area contributed by atoms with Crippen LogP contribution in [0.2, 0.25) is 0 Å². The molecular formula is C24H28. The summed E-state index contributed by atoms with van der Waals surface area (Å²) in [4.78, 5) is 0. The lowest BCUT2D eigenvalue weighted by atomic mass is 9.72. The predicted molar refractivity (Wildman–Crippen MR) is 105 cm³/mol. The highest BCUT2D eigenvalue weighted by Gasteiger charge is 2.34. The van der Waals surface area contributed by atoms with E-state index in [-0.39, 0.29) is 11.3 Å². The van der Waals surface area contributed by atoms with E-state index in [0.29, 0.717) is 0 Å². The summed E-state index contributed by atoms with van der Waals surface area (Å²) in [5, 5.41) is 0. The molecule has 0 amide bonds. The van der Waals surface area contributed by atoms with Crippen LogP contribution in [0.4, 0.5) is 0 Å². The monoisotopic (exact) mass is 316 g/mol. The summed E-state index contributed by atoms with van der Waals surface area (Å²) < 4.78 is 0. The molecule has 124 valence electrons. The summed E-state index contributed by atoms with van der Waals surface area (Å²) in [5.41, 5.74) is 8.35. The van der Waals surface area contributed by atoms with Gasteiger partial charge in [-0.15, -0.1) is 0 Å². The van der Waals surface area contributed by atoms with Crippen molar-refractivity contribution in [1.82, 2.24) is 0 Å². The molecule has 0 saturated heterocycles. The highest BCUT2D eigenvalue weighted by atomic mass is 14.4. The summed E-state index contributed by atoms with van der Waals surface area (Å²) in [5.74, 6) is 0.278. The van der Waals surface area contributed by atoms with Crippen molar-refractivity contribution < 1.29 is 0 Å². The predicted octanol–water partition coefficient (Wildman–Crippen LogP) is 7.13. The maximum atomic E-state index is 4.59. The van der Waals surface area contributed by atoms with Gasteiger partial charge in [-0.2, -0.15) is 0 Å². The van der Waals surface area contributed by atoms with E-state index in [1.165, 1.54) is 46.2 Å². The molecule has 0 radical (unpaired) electrons. The van der Waals surface area contributed by atoms with Gasteiger partial charge < -0.3 is 0 Å². The van der Waals surface area contributed by atoms with Crippen LogP contribution in [0.3, 0.4) is 0 Å². The zero-order valence-electron chi connectivity index (χ0n) is 15.4. The second-order valence-corrected chi connectivity index (χ2v) is 7.47. The van der Waals surface area contributed by atoms with Crippen LogP contribution in [-0.4, -0.2) is 0 Å². The van der Waals surface area contributed by atoms with Crippen LogP contribution in [-0.2, 0) is 0 Å². The molecule has 0 aromatic heterocycles. The first-order chi connectivity index (χ1) is 11.5. The van der Waals surface area contributed by atoms with Gasteiger partial charge in [0.1, 0.15) is 0 Å². The van der Waals surface area contributed by atoms with Gasteiger partial charge >= 0.3 is 0 Å². The van der Waals surface area contributed by atoms with Crippen molar-refractivity contribution in [2.24, 2.45) is 5.41 Å². The van der Waals surface area contributed by atoms with Crippen molar-refractivity contribution in [2.75, 3.05) is 0 Å². The highest BCUT2D eigenvalue weighted by Crippen LogP contribution is 2.51. The number of hydrogen-bond acceptors (Lipinski definition) is 0. The van der Waals surface area contributed by atoms with Gasteiger partial charge in [-0.25, -0.2) is 0 Å². The van der Waals surface area contributed by atoms with E-state index in [1.54, 1.807) is 0 Å². The van der Waals surface area contributed by atoms with Crippen LogP contribution in [0, 0.1) is 5.41 Å². The van der Waals surface area contributed by atoms with Crippen LogP contribution in [0.15, 0.2) is 72.3 Å². The fourth-order valence-electron chi connectivity index (χ4n) is 4.46. The van der Waals surface area contributed by atoms with E-state index in [0.717, 1.165) is 0 Å². The molecule has 0 spiro atoms. The number of benzene rings is 2. The van der Waals surface area contributed by atoms with Gasteiger partial charge in [0.05, 0.1) is 0 Å². The summed E-state index contributed by atoms with van der Waals surface area (Å²) in [7, 11) is 0. The Bertz CT molecular complexity index is 744. The number of rotatable bonds is 5. The molecule has 0 nitrogen and oxygen atoms in total. The van der Waals surface area contributed by atoms with Gasteiger partial charge in [0.2, 0.25) is 0 Å². The molecule has 1 aliphatic carbocycles. The van der Waals surface area contributed by atoms with Gasteiger partial charge in [0, 0.05) is 5.92 Å². The van der Waals surface area contributed by atoms with E-state index in [4.69, 9.17) is 0 Å². The van der Waals surface area contributed by atoms with Gasteiger partial charge in [0.25, 0.3) is 0 Å². The largest absolute Gasteiger partial charge is 0.0946 e. The van der Waals surface area contributed by atoms with E-state index >= 15 is 0 Å². The molecule has 2 aromatic rings. The Kier molecular flexibility index (Phi) is 4.49. The van der Waals surface area contributed by atoms with Crippen LogP contribution < -0.4 is 0 Å². The highest BCUT2D eigenvalue weighted by molar-refractivity contribution is 5.81. The first kappa shape index (κ1) is 16.8. The fourth-order valence-corrected chi connectivity index (χ4v) is 4.46. The lowest BCUT2D eigenvalue weighted by Crippen LogP contribution is -2.18. The number of fused-ring (bicyclic) bond motifs is 3.